The van der Waals surface area contributed by atoms with Crippen molar-refractivity contribution in [1.82, 2.24) is 9.78 Å². The van der Waals surface area contributed by atoms with E-state index in [-0.39, 0.29) is 0 Å². The average molecular weight is 289 g/mol. The Morgan fingerprint density at radius 3 is 2.53 bits per heavy atom. The van der Waals surface area contributed by atoms with Gasteiger partial charge in [-0.15, -0.1) is 0 Å². The molecule has 1 aromatic carbocycles. The van der Waals surface area contributed by atoms with Crippen LogP contribution in [0.2, 0.25) is 0 Å². The number of hydrogen-bond acceptors (Lipinski definition) is 1. The van der Waals surface area contributed by atoms with Gasteiger partial charge in [-0.25, -0.2) is 0 Å². The van der Waals surface area contributed by atoms with E-state index in [0.717, 1.165) is 21.4 Å². The van der Waals surface area contributed by atoms with Crippen LogP contribution in [0.15, 0.2) is 34.8 Å². The number of aryl methyl sites for hydroxylation is 1. The van der Waals surface area contributed by atoms with Gasteiger partial charge in [0.05, 0.1) is 15.9 Å². The lowest BCUT2D eigenvalue weighted by atomic mass is 10.2. The van der Waals surface area contributed by atoms with E-state index in [1.54, 1.807) is 0 Å². The van der Waals surface area contributed by atoms with Crippen molar-refractivity contribution in [2.45, 2.75) is 20.4 Å². The molecule has 1 heterocycles. The lowest BCUT2D eigenvalue weighted by Crippen LogP contribution is -2.00. The minimum Gasteiger partial charge on any atom is -0.256 e. The van der Waals surface area contributed by atoms with Crippen LogP contribution in [-0.4, -0.2) is 9.78 Å². The molecule has 0 fully saturated rings. The standard InChI is InChI=1S/C14H13BrN2/c1-11-14(15)12(2)17(16-11)10-6-9-13-7-4-3-5-8-13/h3-5,7-8H,10H2,1-2H3. The molecule has 0 saturated carbocycles. The molecule has 0 N–H and O–H groups in total. The topological polar surface area (TPSA) is 17.8 Å². The molecule has 0 saturated heterocycles. The summed E-state index contributed by atoms with van der Waals surface area (Å²) in [6.45, 7) is 4.64. The van der Waals surface area contributed by atoms with Gasteiger partial charge in [0.15, 0.2) is 0 Å². The van der Waals surface area contributed by atoms with Gasteiger partial charge in [0.1, 0.15) is 6.54 Å². The van der Waals surface area contributed by atoms with Gasteiger partial charge < -0.3 is 0 Å². The van der Waals surface area contributed by atoms with Crippen molar-refractivity contribution in [2.24, 2.45) is 0 Å². The Morgan fingerprint density at radius 2 is 1.94 bits per heavy atom. The van der Waals surface area contributed by atoms with Crippen LogP contribution >= 0.6 is 15.9 Å². The smallest absolute Gasteiger partial charge is 0.102 e. The molecular weight excluding hydrogens is 276 g/mol. The number of rotatable bonds is 1. The first-order chi connectivity index (χ1) is 8.18. The highest BCUT2D eigenvalue weighted by Gasteiger charge is 2.06. The summed E-state index contributed by atoms with van der Waals surface area (Å²) in [5.41, 5.74) is 3.15. The maximum absolute atomic E-state index is 4.41. The van der Waals surface area contributed by atoms with E-state index in [1.807, 2.05) is 48.9 Å². The van der Waals surface area contributed by atoms with E-state index in [4.69, 9.17) is 0 Å². The van der Waals surface area contributed by atoms with Crippen LogP contribution < -0.4 is 0 Å². The van der Waals surface area contributed by atoms with Crippen LogP contribution in [0.5, 0.6) is 0 Å². The van der Waals surface area contributed by atoms with Crippen molar-refractivity contribution >= 4 is 15.9 Å². The summed E-state index contributed by atoms with van der Waals surface area (Å²) in [7, 11) is 0. The Kier molecular flexibility index (Phi) is 3.65. The summed E-state index contributed by atoms with van der Waals surface area (Å²) in [5.74, 6) is 6.25. The zero-order chi connectivity index (χ0) is 12.3. The van der Waals surface area contributed by atoms with Crippen LogP contribution in [0.3, 0.4) is 0 Å². The molecule has 0 atom stereocenters. The van der Waals surface area contributed by atoms with Crippen LogP contribution in [0.4, 0.5) is 0 Å². The molecule has 86 valence electrons. The zero-order valence-electron chi connectivity index (χ0n) is 9.87. The van der Waals surface area contributed by atoms with E-state index in [0.29, 0.717) is 6.54 Å². The third kappa shape index (κ3) is 2.78. The number of hydrogen-bond donors (Lipinski definition) is 0. The number of aromatic nitrogens is 2. The molecule has 1 aromatic heterocycles. The fraction of sp³-hybridized carbons (Fsp3) is 0.214. The van der Waals surface area contributed by atoms with Crippen molar-refractivity contribution in [3.05, 3.63) is 51.8 Å². The van der Waals surface area contributed by atoms with Gasteiger partial charge in [0.2, 0.25) is 0 Å². The lowest BCUT2D eigenvalue weighted by Gasteiger charge is -1.97. The zero-order valence-corrected chi connectivity index (χ0v) is 11.5. The fourth-order valence-electron chi connectivity index (χ4n) is 1.57. The molecule has 2 rings (SSSR count). The Bertz CT molecular complexity index is 574. The van der Waals surface area contributed by atoms with Crippen molar-refractivity contribution in [2.75, 3.05) is 0 Å². The molecule has 2 nitrogen and oxygen atoms in total. The second-order valence-electron chi connectivity index (χ2n) is 3.81. The van der Waals surface area contributed by atoms with Crippen molar-refractivity contribution < 1.29 is 0 Å². The first kappa shape index (κ1) is 11.9. The number of benzene rings is 1. The fourth-order valence-corrected chi connectivity index (χ4v) is 1.85. The van der Waals surface area contributed by atoms with Gasteiger partial charge in [-0.05, 0) is 41.9 Å². The normalized spacial score (nSPS) is 9.82. The van der Waals surface area contributed by atoms with E-state index < -0.39 is 0 Å². The number of halogens is 1. The van der Waals surface area contributed by atoms with E-state index in [1.165, 1.54) is 0 Å². The summed E-state index contributed by atoms with van der Waals surface area (Å²) in [4.78, 5) is 0. The lowest BCUT2D eigenvalue weighted by molar-refractivity contribution is 0.684. The molecule has 0 bridgehead atoms. The number of nitrogens with zero attached hydrogens (tertiary/aromatic N) is 2. The summed E-state index contributed by atoms with van der Waals surface area (Å²) < 4.78 is 2.98. The van der Waals surface area contributed by atoms with E-state index >= 15 is 0 Å². The van der Waals surface area contributed by atoms with Gasteiger partial charge >= 0.3 is 0 Å². The maximum atomic E-state index is 4.41. The largest absolute Gasteiger partial charge is 0.256 e. The Hall–Kier alpha value is -1.53. The first-order valence-corrected chi connectivity index (χ1v) is 6.21. The van der Waals surface area contributed by atoms with Gasteiger partial charge in [0, 0.05) is 5.56 Å². The Labute approximate surface area is 110 Å². The van der Waals surface area contributed by atoms with Crippen LogP contribution in [-0.2, 0) is 6.54 Å². The van der Waals surface area contributed by atoms with Gasteiger partial charge in [-0.1, -0.05) is 30.0 Å². The monoisotopic (exact) mass is 288 g/mol. The molecule has 0 aliphatic rings. The molecule has 0 unspecified atom stereocenters. The summed E-state index contributed by atoms with van der Waals surface area (Å²) in [6, 6.07) is 9.98. The van der Waals surface area contributed by atoms with Crippen molar-refractivity contribution in [3.63, 3.8) is 0 Å². The Morgan fingerprint density at radius 1 is 1.24 bits per heavy atom. The second kappa shape index (κ2) is 5.20. The first-order valence-electron chi connectivity index (χ1n) is 5.42. The third-order valence-corrected chi connectivity index (χ3v) is 3.68. The molecule has 0 aliphatic carbocycles. The summed E-state index contributed by atoms with van der Waals surface area (Å²) in [5, 5.41) is 4.41. The second-order valence-corrected chi connectivity index (χ2v) is 4.60. The summed E-state index contributed by atoms with van der Waals surface area (Å²) >= 11 is 3.51. The molecule has 0 spiro atoms. The van der Waals surface area contributed by atoms with Crippen LogP contribution in [0.1, 0.15) is 17.0 Å². The molecule has 0 radical (unpaired) electrons. The molecular formula is C14H13BrN2. The predicted molar refractivity (Wildman–Crippen MR) is 72.7 cm³/mol. The Balaban J connectivity index is 2.13. The highest BCUT2D eigenvalue weighted by molar-refractivity contribution is 9.10. The molecule has 0 amide bonds. The van der Waals surface area contributed by atoms with Crippen molar-refractivity contribution in [1.29, 1.82) is 0 Å². The minimum absolute atomic E-state index is 0.618. The van der Waals surface area contributed by atoms with E-state index in [2.05, 4.69) is 32.9 Å². The summed E-state index contributed by atoms with van der Waals surface area (Å²) in [6.07, 6.45) is 0. The molecule has 3 heteroatoms. The van der Waals surface area contributed by atoms with E-state index in [9.17, 15) is 0 Å². The van der Waals surface area contributed by atoms with Crippen molar-refractivity contribution in [3.8, 4) is 11.8 Å². The van der Waals surface area contributed by atoms with Crippen LogP contribution in [0.25, 0.3) is 0 Å². The quantitative estimate of drug-likeness (QED) is 0.736. The van der Waals surface area contributed by atoms with Gasteiger partial charge in [-0.2, -0.15) is 5.10 Å². The highest BCUT2D eigenvalue weighted by atomic mass is 79.9. The third-order valence-electron chi connectivity index (χ3n) is 2.53. The van der Waals surface area contributed by atoms with Crippen LogP contribution in [0, 0.1) is 25.7 Å². The van der Waals surface area contributed by atoms with Gasteiger partial charge in [-0.3, -0.25) is 4.68 Å². The highest BCUT2D eigenvalue weighted by Crippen LogP contribution is 2.19. The molecule has 17 heavy (non-hydrogen) atoms. The predicted octanol–water partition coefficient (Wildman–Crippen LogP) is 3.31. The van der Waals surface area contributed by atoms with Gasteiger partial charge in [0.25, 0.3) is 0 Å². The minimum atomic E-state index is 0.618. The SMILES string of the molecule is Cc1nn(CC#Cc2ccccc2)c(C)c1Br. The average Bonchev–Trinajstić information content (AvgIpc) is 2.59. The maximum Gasteiger partial charge on any atom is 0.102 e. The molecule has 0 aliphatic heterocycles. The molecule has 2 aromatic rings.